The van der Waals surface area contributed by atoms with Crippen molar-refractivity contribution in [3.63, 3.8) is 0 Å². The summed E-state index contributed by atoms with van der Waals surface area (Å²) in [7, 11) is 1.91. The average molecular weight is 459 g/mol. The third-order valence-electron chi connectivity index (χ3n) is 5.41. The molecular formula is C27H27FN4O2. The molecule has 6 nitrogen and oxygen atoms in total. The number of aryl methyl sites for hydroxylation is 1. The zero-order chi connectivity index (χ0) is 24.2. The summed E-state index contributed by atoms with van der Waals surface area (Å²) in [6.07, 6.45) is -0.206. The summed E-state index contributed by atoms with van der Waals surface area (Å²) in [4.78, 5) is 8.28. The Morgan fingerprint density at radius 1 is 1.12 bits per heavy atom. The van der Waals surface area contributed by atoms with Crippen LogP contribution in [0.25, 0.3) is 15.9 Å². The largest absolute Gasteiger partial charge is 0.494 e. The van der Waals surface area contributed by atoms with Gasteiger partial charge >= 0.3 is 0 Å². The van der Waals surface area contributed by atoms with Gasteiger partial charge in [0.05, 0.1) is 30.3 Å². The first-order valence-electron chi connectivity index (χ1n) is 11.2. The number of fused-ring (bicyclic) bond motifs is 1. The van der Waals surface area contributed by atoms with Crippen LogP contribution in [0.3, 0.4) is 0 Å². The van der Waals surface area contributed by atoms with E-state index < -0.39 is 11.9 Å². The lowest BCUT2D eigenvalue weighted by Crippen LogP contribution is -2.19. The second kappa shape index (κ2) is 9.84. The number of anilines is 1. The molecule has 7 heteroatoms. The van der Waals surface area contributed by atoms with Crippen molar-refractivity contribution in [1.82, 2.24) is 9.55 Å². The van der Waals surface area contributed by atoms with Crippen molar-refractivity contribution in [2.45, 2.75) is 32.9 Å². The molecule has 4 rings (SSSR count). The summed E-state index contributed by atoms with van der Waals surface area (Å²) in [6, 6.07) is 17.5. The molecule has 0 saturated heterocycles. The molecule has 1 heterocycles. The van der Waals surface area contributed by atoms with Crippen molar-refractivity contribution in [1.29, 1.82) is 0 Å². The fraction of sp³-hybridized carbons (Fsp3) is 0.259. The quantitative estimate of drug-likeness (QED) is 0.300. The van der Waals surface area contributed by atoms with Gasteiger partial charge in [0.25, 0.3) is 0 Å². The predicted molar refractivity (Wildman–Crippen MR) is 132 cm³/mol. The van der Waals surface area contributed by atoms with Crippen molar-refractivity contribution >= 4 is 22.4 Å². The van der Waals surface area contributed by atoms with Crippen LogP contribution in [0.4, 0.5) is 15.8 Å². The topological polar surface area (TPSA) is 52.7 Å². The number of hydrogen-bond donors (Lipinski definition) is 1. The zero-order valence-electron chi connectivity index (χ0n) is 19.7. The van der Waals surface area contributed by atoms with Crippen molar-refractivity contribution < 1.29 is 13.9 Å². The molecule has 0 radical (unpaired) electrons. The molecule has 4 aromatic rings. The fourth-order valence-electron chi connectivity index (χ4n) is 3.90. The monoisotopic (exact) mass is 458 g/mol. The van der Waals surface area contributed by atoms with E-state index in [9.17, 15) is 0 Å². The Labute approximate surface area is 198 Å². The molecule has 1 unspecified atom stereocenters. The van der Waals surface area contributed by atoms with Crippen LogP contribution in [0.1, 0.15) is 38.2 Å². The van der Waals surface area contributed by atoms with Crippen molar-refractivity contribution in [2.24, 2.45) is 7.05 Å². The summed E-state index contributed by atoms with van der Waals surface area (Å²) in [6.45, 7) is 13.2. The third kappa shape index (κ3) is 4.67. The van der Waals surface area contributed by atoms with Gasteiger partial charge in [-0.15, -0.1) is 0 Å². The van der Waals surface area contributed by atoms with E-state index in [-0.39, 0.29) is 11.9 Å². The van der Waals surface area contributed by atoms with Crippen LogP contribution in [0.2, 0.25) is 0 Å². The molecule has 34 heavy (non-hydrogen) atoms. The second-order valence-electron chi connectivity index (χ2n) is 8.18. The number of halogens is 1. The van der Waals surface area contributed by atoms with E-state index in [2.05, 4.69) is 10.2 Å². The van der Waals surface area contributed by atoms with Gasteiger partial charge in [-0.3, -0.25) is 0 Å². The molecule has 0 aliphatic rings. The molecule has 1 atom stereocenters. The number of para-hydroxylation sites is 2. The molecule has 0 bridgehead atoms. The van der Waals surface area contributed by atoms with Gasteiger partial charge in [0.15, 0.2) is 17.3 Å². The van der Waals surface area contributed by atoms with Crippen LogP contribution in [-0.2, 0) is 7.05 Å². The lowest BCUT2D eigenvalue weighted by atomic mass is 10.0. The maximum absolute atomic E-state index is 15.9. The Hall–Kier alpha value is -4.05. The molecule has 174 valence electrons. The standard InChI is InChI=1S/C27H27FN4O2/c1-6-33-20-15-21(25(28)24(16-20)34-17(2)3)26(30-19-13-11-18(29-4)12-14-19)27-31-22-9-7-8-10-23(22)32(27)5/h7-17,26,30H,6H2,1-3,5H3. The summed E-state index contributed by atoms with van der Waals surface area (Å²) in [5.41, 5.74) is 3.37. The number of nitrogens with one attached hydrogen (secondary N) is 1. The third-order valence-corrected chi connectivity index (χ3v) is 5.41. The first-order chi connectivity index (χ1) is 16.4. The smallest absolute Gasteiger partial charge is 0.187 e. The molecule has 0 saturated carbocycles. The Morgan fingerprint density at radius 3 is 2.50 bits per heavy atom. The zero-order valence-corrected chi connectivity index (χ0v) is 19.7. The molecule has 0 aliphatic carbocycles. The van der Waals surface area contributed by atoms with Gasteiger partial charge in [-0.1, -0.05) is 24.3 Å². The summed E-state index contributed by atoms with van der Waals surface area (Å²) >= 11 is 0. The van der Waals surface area contributed by atoms with Gasteiger partial charge in [-0.25, -0.2) is 14.2 Å². The van der Waals surface area contributed by atoms with Crippen LogP contribution in [0.15, 0.2) is 60.7 Å². The summed E-state index contributed by atoms with van der Waals surface area (Å²) < 4.78 is 29.4. The van der Waals surface area contributed by atoms with Crippen molar-refractivity contribution in [3.8, 4) is 11.5 Å². The first kappa shape index (κ1) is 23.1. The van der Waals surface area contributed by atoms with Gasteiger partial charge in [0.1, 0.15) is 17.6 Å². The van der Waals surface area contributed by atoms with E-state index in [1.807, 2.05) is 56.7 Å². The minimum atomic E-state index is -0.647. The molecule has 0 fully saturated rings. The van der Waals surface area contributed by atoms with E-state index in [1.54, 1.807) is 36.4 Å². The lowest BCUT2D eigenvalue weighted by Gasteiger charge is -2.23. The van der Waals surface area contributed by atoms with E-state index in [0.29, 0.717) is 29.4 Å². The van der Waals surface area contributed by atoms with Gasteiger partial charge in [0, 0.05) is 24.4 Å². The number of benzene rings is 3. The van der Waals surface area contributed by atoms with Crippen LogP contribution in [0, 0.1) is 12.4 Å². The molecule has 3 aromatic carbocycles. The highest BCUT2D eigenvalue weighted by Crippen LogP contribution is 2.37. The van der Waals surface area contributed by atoms with E-state index in [0.717, 1.165) is 16.7 Å². The lowest BCUT2D eigenvalue weighted by molar-refractivity contribution is 0.228. The molecule has 0 amide bonds. The Morgan fingerprint density at radius 2 is 1.85 bits per heavy atom. The Balaban J connectivity index is 1.90. The molecular weight excluding hydrogens is 431 g/mol. The minimum absolute atomic E-state index is 0.130. The molecule has 1 N–H and O–H groups in total. The van der Waals surface area contributed by atoms with Crippen molar-refractivity contribution in [3.05, 3.63) is 89.3 Å². The maximum atomic E-state index is 15.9. The Kier molecular flexibility index (Phi) is 6.69. The number of aromatic nitrogens is 2. The SMILES string of the molecule is [C-]#[N+]c1ccc(NC(c2cc(OCC)cc(OC(C)C)c2F)c2nc3ccccc3n2C)cc1. The highest BCUT2D eigenvalue weighted by molar-refractivity contribution is 5.76. The van der Waals surface area contributed by atoms with E-state index >= 15 is 4.39 Å². The maximum Gasteiger partial charge on any atom is 0.187 e. The summed E-state index contributed by atoms with van der Waals surface area (Å²) in [5.74, 6) is 0.811. The number of ether oxygens (including phenoxy) is 2. The van der Waals surface area contributed by atoms with Gasteiger partial charge in [-0.2, -0.15) is 0 Å². The average Bonchev–Trinajstić information content (AvgIpc) is 3.16. The highest BCUT2D eigenvalue weighted by atomic mass is 19.1. The van der Waals surface area contributed by atoms with Crippen molar-refractivity contribution in [2.75, 3.05) is 11.9 Å². The fourth-order valence-corrected chi connectivity index (χ4v) is 3.90. The van der Waals surface area contributed by atoms with Gasteiger partial charge in [-0.05, 0) is 51.1 Å². The minimum Gasteiger partial charge on any atom is -0.494 e. The number of nitrogens with zero attached hydrogens (tertiary/aromatic N) is 3. The molecule has 0 aliphatic heterocycles. The Bertz CT molecular complexity index is 1340. The molecule has 0 spiro atoms. The number of hydrogen-bond acceptors (Lipinski definition) is 4. The predicted octanol–water partition coefficient (Wildman–Crippen LogP) is 6.65. The van der Waals surface area contributed by atoms with Crippen LogP contribution in [0.5, 0.6) is 11.5 Å². The highest BCUT2D eigenvalue weighted by Gasteiger charge is 2.27. The number of rotatable bonds is 8. The number of imidazole rings is 1. The van der Waals surface area contributed by atoms with E-state index in [1.165, 1.54) is 0 Å². The normalized spacial score (nSPS) is 11.9. The van der Waals surface area contributed by atoms with Crippen LogP contribution >= 0.6 is 0 Å². The van der Waals surface area contributed by atoms with E-state index in [4.69, 9.17) is 21.0 Å². The molecule has 1 aromatic heterocycles. The van der Waals surface area contributed by atoms with Gasteiger partial charge in [0.2, 0.25) is 0 Å². The van der Waals surface area contributed by atoms with Crippen LogP contribution < -0.4 is 14.8 Å². The first-order valence-corrected chi connectivity index (χ1v) is 11.2. The van der Waals surface area contributed by atoms with Gasteiger partial charge < -0.3 is 19.4 Å². The van der Waals surface area contributed by atoms with Crippen LogP contribution in [-0.4, -0.2) is 22.3 Å². The summed E-state index contributed by atoms with van der Waals surface area (Å²) in [5, 5.41) is 3.42. The second-order valence-corrected chi connectivity index (χ2v) is 8.18.